The van der Waals surface area contributed by atoms with Crippen LogP contribution in [0.25, 0.3) is 0 Å². The molecular formula is C20H23F2N3O3. The summed E-state index contributed by atoms with van der Waals surface area (Å²) in [5.41, 5.74) is 1.17. The first-order valence-corrected chi connectivity index (χ1v) is 9.16. The van der Waals surface area contributed by atoms with Gasteiger partial charge in [-0.05, 0) is 42.7 Å². The van der Waals surface area contributed by atoms with E-state index in [1.54, 1.807) is 36.4 Å². The number of anilines is 1. The molecule has 0 spiro atoms. The number of nitrogens with zero attached hydrogens (tertiary/aromatic N) is 2. The maximum absolute atomic E-state index is 13.6. The molecule has 0 radical (unpaired) electrons. The predicted octanol–water partition coefficient (Wildman–Crippen LogP) is 3.80. The standard InChI is InChI=1S/C20H23F2N3O3/c1-27-10-11-28-19-18(5-2-8-23-19)24-20(26)25-9-3-4-15(13-25)14-6-7-16(21)17(22)12-14/h2,5-8,12,15H,3-4,9-11,13H2,1H3,(H,24,26). The van der Waals surface area contributed by atoms with Gasteiger partial charge in [0.1, 0.15) is 12.3 Å². The number of amides is 2. The van der Waals surface area contributed by atoms with Crippen molar-refractivity contribution in [2.24, 2.45) is 0 Å². The number of carbonyl (C=O) groups is 1. The summed E-state index contributed by atoms with van der Waals surface area (Å²) in [5, 5.41) is 2.82. The van der Waals surface area contributed by atoms with Crippen molar-refractivity contribution < 1.29 is 23.0 Å². The molecule has 6 nitrogen and oxygen atoms in total. The Balaban J connectivity index is 1.65. The van der Waals surface area contributed by atoms with E-state index in [0.29, 0.717) is 43.4 Å². The summed E-state index contributed by atoms with van der Waals surface area (Å²) in [6.45, 7) is 1.74. The maximum Gasteiger partial charge on any atom is 0.322 e. The van der Waals surface area contributed by atoms with Gasteiger partial charge in [0.2, 0.25) is 5.88 Å². The van der Waals surface area contributed by atoms with Gasteiger partial charge in [-0.3, -0.25) is 0 Å². The number of hydrogen-bond acceptors (Lipinski definition) is 4. The van der Waals surface area contributed by atoms with Gasteiger partial charge in [-0.15, -0.1) is 0 Å². The largest absolute Gasteiger partial charge is 0.474 e. The summed E-state index contributed by atoms with van der Waals surface area (Å²) in [6, 6.07) is 7.06. The highest BCUT2D eigenvalue weighted by Gasteiger charge is 2.26. The quantitative estimate of drug-likeness (QED) is 0.761. The second-order valence-corrected chi connectivity index (χ2v) is 6.59. The molecule has 0 bridgehead atoms. The Morgan fingerprint density at radius 3 is 2.93 bits per heavy atom. The number of aromatic nitrogens is 1. The van der Waals surface area contributed by atoms with Crippen LogP contribution in [0.3, 0.4) is 0 Å². The van der Waals surface area contributed by atoms with Crippen molar-refractivity contribution in [2.45, 2.75) is 18.8 Å². The smallest absolute Gasteiger partial charge is 0.322 e. The lowest BCUT2D eigenvalue weighted by Crippen LogP contribution is -2.41. The fourth-order valence-corrected chi connectivity index (χ4v) is 3.22. The summed E-state index contributed by atoms with van der Waals surface area (Å²) in [6.07, 6.45) is 3.17. The van der Waals surface area contributed by atoms with Gasteiger partial charge in [-0.1, -0.05) is 6.07 Å². The number of methoxy groups -OCH3 is 1. The third-order valence-electron chi connectivity index (χ3n) is 4.66. The molecular weight excluding hydrogens is 368 g/mol. The van der Waals surface area contributed by atoms with Gasteiger partial charge in [0.05, 0.1) is 6.61 Å². The van der Waals surface area contributed by atoms with Crippen LogP contribution in [-0.2, 0) is 4.74 Å². The first-order chi connectivity index (χ1) is 13.6. The number of hydrogen-bond donors (Lipinski definition) is 1. The number of carbonyl (C=O) groups excluding carboxylic acids is 1. The SMILES string of the molecule is COCCOc1ncccc1NC(=O)N1CCCC(c2ccc(F)c(F)c2)C1. The van der Waals surface area contributed by atoms with Gasteiger partial charge in [-0.25, -0.2) is 18.6 Å². The minimum absolute atomic E-state index is 0.0408. The number of benzene rings is 1. The number of piperidine rings is 1. The zero-order valence-corrected chi connectivity index (χ0v) is 15.7. The van der Waals surface area contributed by atoms with Crippen molar-refractivity contribution in [1.29, 1.82) is 0 Å². The van der Waals surface area contributed by atoms with Gasteiger partial charge < -0.3 is 19.7 Å². The Morgan fingerprint density at radius 2 is 2.14 bits per heavy atom. The van der Waals surface area contributed by atoms with E-state index in [4.69, 9.17) is 9.47 Å². The van der Waals surface area contributed by atoms with E-state index in [-0.39, 0.29) is 11.9 Å². The molecule has 28 heavy (non-hydrogen) atoms. The second-order valence-electron chi connectivity index (χ2n) is 6.59. The lowest BCUT2D eigenvalue weighted by atomic mass is 9.90. The highest BCUT2D eigenvalue weighted by atomic mass is 19.2. The number of pyridine rings is 1. The highest BCUT2D eigenvalue weighted by molar-refractivity contribution is 5.90. The number of rotatable bonds is 6. The maximum atomic E-state index is 13.6. The molecule has 1 atom stereocenters. The number of nitrogens with one attached hydrogen (secondary N) is 1. The number of halogens is 2. The van der Waals surface area contributed by atoms with Crippen molar-refractivity contribution in [3.05, 3.63) is 53.7 Å². The highest BCUT2D eigenvalue weighted by Crippen LogP contribution is 2.29. The summed E-state index contributed by atoms with van der Waals surface area (Å²) < 4.78 is 37.2. The van der Waals surface area contributed by atoms with E-state index >= 15 is 0 Å². The number of urea groups is 1. The zero-order chi connectivity index (χ0) is 19.9. The molecule has 1 saturated heterocycles. The van der Waals surface area contributed by atoms with E-state index in [9.17, 15) is 13.6 Å². The third-order valence-corrected chi connectivity index (χ3v) is 4.66. The first kappa shape index (κ1) is 20.0. The lowest BCUT2D eigenvalue weighted by molar-refractivity contribution is 0.144. The molecule has 2 aromatic rings. The van der Waals surface area contributed by atoms with Gasteiger partial charge in [0, 0.05) is 32.3 Å². The van der Waals surface area contributed by atoms with Crippen LogP contribution in [0.15, 0.2) is 36.5 Å². The molecule has 1 aromatic carbocycles. The van der Waals surface area contributed by atoms with Gasteiger partial charge in [0.25, 0.3) is 0 Å². The molecule has 8 heteroatoms. The van der Waals surface area contributed by atoms with Crippen molar-refractivity contribution >= 4 is 11.7 Å². The number of ether oxygens (including phenoxy) is 2. The van der Waals surface area contributed by atoms with E-state index in [1.807, 2.05) is 0 Å². The molecule has 0 aliphatic carbocycles. The molecule has 1 fully saturated rings. The summed E-state index contributed by atoms with van der Waals surface area (Å²) >= 11 is 0. The molecule has 1 aliphatic heterocycles. The summed E-state index contributed by atoms with van der Waals surface area (Å²) in [5.74, 6) is -1.46. The third kappa shape index (κ3) is 4.95. The van der Waals surface area contributed by atoms with Crippen LogP contribution in [0.4, 0.5) is 19.3 Å². The fourth-order valence-electron chi connectivity index (χ4n) is 3.22. The monoisotopic (exact) mass is 391 g/mol. The minimum atomic E-state index is -0.869. The minimum Gasteiger partial charge on any atom is -0.474 e. The van der Waals surface area contributed by atoms with Crippen LogP contribution in [0.2, 0.25) is 0 Å². The predicted molar refractivity (Wildman–Crippen MR) is 101 cm³/mol. The second kappa shape index (κ2) is 9.45. The Hall–Kier alpha value is -2.74. The van der Waals surface area contributed by atoms with Gasteiger partial charge in [0.15, 0.2) is 11.6 Å². The van der Waals surface area contributed by atoms with Crippen molar-refractivity contribution in [1.82, 2.24) is 9.88 Å². The molecule has 150 valence electrons. The Labute approximate surface area is 162 Å². The Bertz CT molecular complexity index is 819. The van der Waals surface area contributed by atoms with E-state index in [1.165, 1.54) is 6.07 Å². The van der Waals surface area contributed by atoms with Crippen LogP contribution in [0, 0.1) is 11.6 Å². The van der Waals surface area contributed by atoms with Crippen molar-refractivity contribution in [2.75, 3.05) is 38.7 Å². The van der Waals surface area contributed by atoms with Crippen LogP contribution >= 0.6 is 0 Å². The molecule has 2 heterocycles. The molecule has 1 aromatic heterocycles. The van der Waals surface area contributed by atoms with E-state index in [0.717, 1.165) is 18.9 Å². The van der Waals surface area contributed by atoms with Crippen LogP contribution in [-0.4, -0.2) is 49.3 Å². The zero-order valence-electron chi connectivity index (χ0n) is 15.7. The average Bonchev–Trinajstić information content (AvgIpc) is 2.71. The lowest BCUT2D eigenvalue weighted by Gasteiger charge is -2.33. The Kier molecular flexibility index (Phi) is 6.76. The van der Waals surface area contributed by atoms with Crippen LogP contribution in [0.5, 0.6) is 5.88 Å². The van der Waals surface area contributed by atoms with Crippen molar-refractivity contribution in [3.8, 4) is 5.88 Å². The van der Waals surface area contributed by atoms with Crippen molar-refractivity contribution in [3.63, 3.8) is 0 Å². The first-order valence-electron chi connectivity index (χ1n) is 9.16. The molecule has 1 aliphatic rings. The summed E-state index contributed by atoms with van der Waals surface area (Å²) in [7, 11) is 1.57. The topological polar surface area (TPSA) is 63.7 Å². The normalized spacial score (nSPS) is 16.7. The Morgan fingerprint density at radius 1 is 1.29 bits per heavy atom. The van der Waals surface area contributed by atoms with Crippen LogP contribution in [0.1, 0.15) is 24.3 Å². The molecule has 3 rings (SSSR count). The van der Waals surface area contributed by atoms with Crippen LogP contribution < -0.4 is 10.1 Å². The van der Waals surface area contributed by atoms with E-state index in [2.05, 4.69) is 10.3 Å². The molecule has 0 saturated carbocycles. The average molecular weight is 391 g/mol. The summed E-state index contributed by atoms with van der Waals surface area (Å²) in [4.78, 5) is 18.5. The number of likely N-dealkylation sites (tertiary alicyclic amines) is 1. The van der Waals surface area contributed by atoms with Gasteiger partial charge >= 0.3 is 6.03 Å². The molecule has 1 unspecified atom stereocenters. The fraction of sp³-hybridized carbons (Fsp3) is 0.400. The molecule has 2 amide bonds. The van der Waals surface area contributed by atoms with E-state index < -0.39 is 11.6 Å². The van der Waals surface area contributed by atoms with Gasteiger partial charge in [-0.2, -0.15) is 0 Å². The molecule has 1 N–H and O–H groups in total.